The van der Waals surface area contributed by atoms with E-state index in [9.17, 15) is 9.59 Å². The van der Waals surface area contributed by atoms with Gasteiger partial charge in [-0.25, -0.2) is 4.79 Å². The number of carbonyl (C=O) groups is 2. The Morgan fingerprint density at radius 3 is 2.60 bits per heavy atom. The van der Waals surface area contributed by atoms with Gasteiger partial charge in [0.15, 0.2) is 0 Å². The summed E-state index contributed by atoms with van der Waals surface area (Å²) in [7, 11) is 0. The second-order valence-corrected chi connectivity index (χ2v) is 3.61. The Labute approximate surface area is 87.8 Å². The van der Waals surface area contributed by atoms with Crippen LogP contribution in [0.4, 0.5) is 0 Å². The van der Waals surface area contributed by atoms with E-state index < -0.39 is 24.4 Å². The van der Waals surface area contributed by atoms with Crippen LogP contribution in [0, 0.1) is 0 Å². The van der Waals surface area contributed by atoms with Crippen LogP contribution in [-0.4, -0.2) is 28.2 Å². The van der Waals surface area contributed by atoms with Crippen LogP contribution in [-0.2, 0) is 9.59 Å². The van der Waals surface area contributed by atoms with Gasteiger partial charge in [-0.05, 0) is 25.7 Å². The maximum Gasteiger partial charge on any atom is 0.326 e. The van der Waals surface area contributed by atoms with Crippen molar-refractivity contribution in [2.45, 2.75) is 38.1 Å². The van der Waals surface area contributed by atoms with Crippen LogP contribution in [0.5, 0.6) is 0 Å². The lowest BCUT2D eigenvalue weighted by Gasteiger charge is -2.19. The highest BCUT2D eigenvalue weighted by atomic mass is 16.4. The summed E-state index contributed by atoms with van der Waals surface area (Å²) < 4.78 is 0. The molecule has 15 heavy (non-hydrogen) atoms. The van der Waals surface area contributed by atoms with E-state index in [4.69, 9.17) is 10.2 Å². The number of nitrogens with one attached hydrogen (secondary N) is 1. The van der Waals surface area contributed by atoms with E-state index in [1.807, 2.05) is 6.08 Å². The number of carboxylic acids is 2. The van der Waals surface area contributed by atoms with Crippen molar-refractivity contribution < 1.29 is 19.8 Å². The maximum atomic E-state index is 10.8. The van der Waals surface area contributed by atoms with Crippen LogP contribution >= 0.6 is 0 Å². The minimum atomic E-state index is -1.12. The Balaban J connectivity index is 2.53. The van der Waals surface area contributed by atoms with Crippen molar-refractivity contribution in [3.05, 3.63) is 11.8 Å². The van der Waals surface area contributed by atoms with Crippen LogP contribution in [0.1, 0.15) is 32.1 Å². The van der Waals surface area contributed by atoms with Gasteiger partial charge in [0.1, 0.15) is 6.04 Å². The van der Waals surface area contributed by atoms with Gasteiger partial charge in [0, 0.05) is 5.70 Å². The smallest absolute Gasteiger partial charge is 0.326 e. The van der Waals surface area contributed by atoms with Gasteiger partial charge in [-0.15, -0.1) is 0 Å². The predicted molar refractivity (Wildman–Crippen MR) is 53.4 cm³/mol. The highest BCUT2D eigenvalue weighted by Crippen LogP contribution is 2.15. The lowest BCUT2D eigenvalue weighted by molar-refractivity contribution is -0.145. The molecule has 1 atom stereocenters. The SMILES string of the molecule is O=C(O)CC(NC1=CCCCC1)C(=O)O. The highest BCUT2D eigenvalue weighted by molar-refractivity contribution is 5.80. The summed E-state index contributed by atoms with van der Waals surface area (Å²) in [5, 5.41) is 20.1. The van der Waals surface area contributed by atoms with Crippen molar-refractivity contribution >= 4 is 11.9 Å². The summed E-state index contributed by atoms with van der Waals surface area (Å²) in [6.07, 6.45) is 5.43. The van der Waals surface area contributed by atoms with Crippen molar-refractivity contribution in [1.29, 1.82) is 0 Å². The normalized spacial score (nSPS) is 17.7. The van der Waals surface area contributed by atoms with Crippen LogP contribution in [0.15, 0.2) is 11.8 Å². The molecule has 0 aromatic carbocycles. The number of rotatable bonds is 5. The molecule has 0 heterocycles. The van der Waals surface area contributed by atoms with E-state index in [1.165, 1.54) is 0 Å². The molecule has 1 aliphatic rings. The van der Waals surface area contributed by atoms with Crippen LogP contribution in [0.3, 0.4) is 0 Å². The monoisotopic (exact) mass is 213 g/mol. The number of aliphatic carboxylic acids is 2. The number of hydrogen-bond donors (Lipinski definition) is 3. The molecule has 0 fully saturated rings. The van der Waals surface area contributed by atoms with Gasteiger partial charge in [-0.1, -0.05) is 6.08 Å². The zero-order chi connectivity index (χ0) is 11.3. The molecular weight excluding hydrogens is 198 g/mol. The molecule has 3 N–H and O–H groups in total. The van der Waals surface area contributed by atoms with Gasteiger partial charge in [-0.3, -0.25) is 4.79 Å². The fourth-order valence-electron chi connectivity index (χ4n) is 1.57. The molecular formula is C10H15NO4. The number of carboxylic acid groups (broad SMARTS) is 2. The molecule has 84 valence electrons. The van der Waals surface area contributed by atoms with Gasteiger partial charge < -0.3 is 15.5 Å². The molecule has 1 rings (SSSR count). The molecule has 0 bridgehead atoms. The molecule has 0 amide bonds. The van der Waals surface area contributed by atoms with Crippen molar-refractivity contribution in [3.8, 4) is 0 Å². The maximum absolute atomic E-state index is 10.8. The lowest BCUT2D eigenvalue weighted by atomic mass is 10.0. The first-order chi connectivity index (χ1) is 7.09. The molecule has 0 saturated heterocycles. The molecule has 0 aliphatic heterocycles. The second-order valence-electron chi connectivity index (χ2n) is 3.61. The van der Waals surface area contributed by atoms with Gasteiger partial charge in [-0.2, -0.15) is 0 Å². The zero-order valence-corrected chi connectivity index (χ0v) is 8.40. The summed E-state index contributed by atoms with van der Waals surface area (Å²) in [6, 6.07) is -1.02. The van der Waals surface area contributed by atoms with Crippen molar-refractivity contribution in [1.82, 2.24) is 5.32 Å². The van der Waals surface area contributed by atoms with E-state index in [0.717, 1.165) is 31.4 Å². The molecule has 0 aromatic rings. The average molecular weight is 213 g/mol. The lowest BCUT2D eigenvalue weighted by Crippen LogP contribution is -2.38. The van der Waals surface area contributed by atoms with Gasteiger partial charge in [0.05, 0.1) is 6.42 Å². The van der Waals surface area contributed by atoms with Crippen LogP contribution < -0.4 is 5.32 Å². The fraction of sp³-hybridized carbons (Fsp3) is 0.600. The molecule has 0 radical (unpaired) electrons. The summed E-state index contributed by atoms with van der Waals surface area (Å²) in [4.78, 5) is 21.2. The van der Waals surface area contributed by atoms with E-state index in [2.05, 4.69) is 5.32 Å². The first-order valence-corrected chi connectivity index (χ1v) is 5.00. The van der Waals surface area contributed by atoms with Crippen LogP contribution in [0.2, 0.25) is 0 Å². The Hall–Kier alpha value is -1.52. The summed E-state index contributed by atoms with van der Waals surface area (Å²) in [5.41, 5.74) is 0.856. The summed E-state index contributed by atoms with van der Waals surface area (Å²) >= 11 is 0. The summed E-state index contributed by atoms with van der Waals surface area (Å²) in [5.74, 6) is -2.23. The quantitative estimate of drug-likeness (QED) is 0.633. The Bertz CT molecular complexity index is 285. The Morgan fingerprint density at radius 2 is 2.13 bits per heavy atom. The first-order valence-electron chi connectivity index (χ1n) is 5.00. The van der Waals surface area contributed by atoms with Crippen molar-refractivity contribution in [3.63, 3.8) is 0 Å². The minimum absolute atomic E-state index is 0.396. The molecule has 0 saturated carbocycles. The number of allylic oxidation sites excluding steroid dienone is 2. The van der Waals surface area contributed by atoms with E-state index >= 15 is 0 Å². The van der Waals surface area contributed by atoms with Gasteiger partial charge >= 0.3 is 11.9 Å². The Morgan fingerprint density at radius 1 is 1.40 bits per heavy atom. The molecule has 1 aliphatic carbocycles. The van der Waals surface area contributed by atoms with E-state index in [0.29, 0.717) is 0 Å². The van der Waals surface area contributed by atoms with Crippen LogP contribution in [0.25, 0.3) is 0 Å². The van der Waals surface area contributed by atoms with Crippen molar-refractivity contribution in [2.75, 3.05) is 0 Å². The third kappa shape index (κ3) is 4.01. The number of hydrogen-bond acceptors (Lipinski definition) is 3. The largest absolute Gasteiger partial charge is 0.481 e. The van der Waals surface area contributed by atoms with E-state index in [1.54, 1.807) is 0 Å². The Kier molecular flexibility index (Phi) is 4.15. The highest BCUT2D eigenvalue weighted by Gasteiger charge is 2.21. The summed E-state index contributed by atoms with van der Waals surface area (Å²) in [6.45, 7) is 0. The standard InChI is InChI=1S/C10H15NO4/c12-9(13)6-8(10(14)15)11-7-4-2-1-3-5-7/h4,8,11H,1-3,5-6H2,(H,12,13)(H,14,15). The molecule has 0 spiro atoms. The minimum Gasteiger partial charge on any atom is -0.481 e. The second kappa shape index (κ2) is 5.38. The molecule has 1 unspecified atom stereocenters. The van der Waals surface area contributed by atoms with E-state index in [-0.39, 0.29) is 0 Å². The topological polar surface area (TPSA) is 86.6 Å². The first kappa shape index (κ1) is 11.6. The van der Waals surface area contributed by atoms with Gasteiger partial charge in [0.2, 0.25) is 0 Å². The third-order valence-electron chi connectivity index (χ3n) is 2.33. The molecule has 5 heteroatoms. The average Bonchev–Trinajstić information content (AvgIpc) is 2.17. The predicted octanol–water partition coefficient (Wildman–Crippen LogP) is 0.962. The molecule has 0 aromatic heterocycles. The molecule has 5 nitrogen and oxygen atoms in total. The zero-order valence-electron chi connectivity index (χ0n) is 8.40. The third-order valence-corrected chi connectivity index (χ3v) is 2.33. The fourth-order valence-corrected chi connectivity index (χ4v) is 1.57. The van der Waals surface area contributed by atoms with Crippen molar-refractivity contribution in [2.24, 2.45) is 0 Å². The van der Waals surface area contributed by atoms with Gasteiger partial charge in [0.25, 0.3) is 0 Å².